The molecule has 0 fully saturated rings. The van der Waals surface area contributed by atoms with Crippen LogP contribution in [0, 0.1) is 13.8 Å². The number of carbonyl (C=O) groups is 1. The van der Waals surface area contributed by atoms with Crippen molar-refractivity contribution in [1.29, 1.82) is 0 Å². The van der Waals surface area contributed by atoms with E-state index in [0.29, 0.717) is 12.2 Å². The van der Waals surface area contributed by atoms with Crippen molar-refractivity contribution < 1.29 is 4.79 Å². The van der Waals surface area contributed by atoms with Gasteiger partial charge >= 0.3 is 0 Å². The molecule has 0 aliphatic carbocycles. The largest absolute Gasteiger partial charge is 0.354 e. The predicted octanol–water partition coefficient (Wildman–Crippen LogP) is 3.97. The minimum absolute atomic E-state index is 0.119. The van der Waals surface area contributed by atoms with Crippen LogP contribution in [-0.4, -0.2) is 17.4 Å². The molecule has 0 spiro atoms. The zero-order valence-electron chi connectivity index (χ0n) is 13.4. The van der Waals surface area contributed by atoms with Crippen molar-refractivity contribution in [1.82, 2.24) is 10.3 Å². The van der Waals surface area contributed by atoms with Crippen LogP contribution in [0.2, 0.25) is 0 Å². The molecular formula is C18H23N3O. The number of nitrogens with one attached hydrogen (secondary N) is 2. The van der Waals surface area contributed by atoms with Gasteiger partial charge in [-0.25, -0.2) is 4.98 Å². The highest BCUT2D eigenvalue weighted by molar-refractivity contribution is 5.92. The van der Waals surface area contributed by atoms with E-state index in [1.165, 1.54) is 11.1 Å². The number of anilines is 2. The number of hydrogen-bond donors (Lipinski definition) is 2. The number of pyridine rings is 1. The van der Waals surface area contributed by atoms with Gasteiger partial charge in [-0.15, -0.1) is 0 Å². The molecule has 0 aliphatic heterocycles. The van der Waals surface area contributed by atoms with E-state index in [4.69, 9.17) is 0 Å². The number of hydrogen-bond acceptors (Lipinski definition) is 3. The topological polar surface area (TPSA) is 54.0 Å². The number of benzene rings is 1. The molecule has 2 rings (SSSR count). The maximum Gasteiger partial charge on any atom is 0.269 e. The number of aryl methyl sites for hydroxylation is 1. The van der Waals surface area contributed by atoms with Crippen LogP contribution in [0.25, 0.3) is 0 Å². The van der Waals surface area contributed by atoms with Crippen molar-refractivity contribution in [2.24, 2.45) is 0 Å². The van der Waals surface area contributed by atoms with Crippen LogP contribution >= 0.6 is 0 Å². The lowest BCUT2D eigenvalue weighted by Gasteiger charge is -2.11. The first kappa shape index (κ1) is 16.0. The lowest BCUT2D eigenvalue weighted by molar-refractivity contribution is 0.0948. The Morgan fingerprint density at radius 3 is 2.68 bits per heavy atom. The second-order valence-corrected chi connectivity index (χ2v) is 5.41. The van der Waals surface area contributed by atoms with Crippen LogP contribution in [-0.2, 0) is 0 Å². The van der Waals surface area contributed by atoms with Crippen LogP contribution in [0.4, 0.5) is 11.4 Å². The number of carbonyl (C=O) groups excluding carboxylic acids is 1. The fourth-order valence-corrected chi connectivity index (χ4v) is 2.11. The maximum atomic E-state index is 11.9. The molecule has 0 atom stereocenters. The zero-order chi connectivity index (χ0) is 15.9. The Kier molecular flexibility index (Phi) is 5.53. The second kappa shape index (κ2) is 7.59. The summed E-state index contributed by atoms with van der Waals surface area (Å²) in [6.45, 7) is 6.96. The van der Waals surface area contributed by atoms with Crippen molar-refractivity contribution in [3.05, 3.63) is 53.3 Å². The summed E-state index contributed by atoms with van der Waals surface area (Å²) in [6.07, 6.45) is 3.74. The Labute approximate surface area is 132 Å². The van der Waals surface area contributed by atoms with Crippen LogP contribution in [0.5, 0.6) is 0 Å². The highest BCUT2D eigenvalue weighted by Gasteiger charge is 2.07. The standard InChI is InChI=1S/C18H23N3O/c1-4-5-11-19-18(22)17-10-9-15(12-20-17)21-16-8-6-7-13(2)14(16)3/h6-10,12,21H,4-5,11H2,1-3H3,(H,19,22). The Morgan fingerprint density at radius 1 is 1.18 bits per heavy atom. The average molecular weight is 297 g/mol. The molecule has 2 aromatic rings. The summed E-state index contributed by atoms with van der Waals surface area (Å²) >= 11 is 0. The van der Waals surface area contributed by atoms with E-state index in [2.05, 4.69) is 42.5 Å². The Bertz CT molecular complexity index is 635. The number of nitrogens with zero attached hydrogens (tertiary/aromatic N) is 1. The van der Waals surface area contributed by atoms with E-state index in [1.54, 1.807) is 12.3 Å². The SMILES string of the molecule is CCCCNC(=O)c1ccc(Nc2cccc(C)c2C)cn1. The maximum absolute atomic E-state index is 11.9. The van der Waals surface area contributed by atoms with Crippen molar-refractivity contribution in [2.75, 3.05) is 11.9 Å². The third kappa shape index (κ3) is 4.07. The molecule has 0 saturated heterocycles. The monoisotopic (exact) mass is 297 g/mol. The summed E-state index contributed by atoms with van der Waals surface area (Å²) in [5.41, 5.74) is 4.83. The molecular weight excluding hydrogens is 274 g/mol. The molecule has 4 heteroatoms. The zero-order valence-corrected chi connectivity index (χ0v) is 13.4. The first-order valence-electron chi connectivity index (χ1n) is 7.69. The number of unbranched alkanes of at least 4 members (excludes halogenated alkanes) is 1. The van der Waals surface area contributed by atoms with Gasteiger partial charge in [0.05, 0.1) is 11.9 Å². The van der Waals surface area contributed by atoms with Gasteiger partial charge < -0.3 is 10.6 Å². The normalized spacial score (nSPS) is 10.3. The molecule has 116 valence electrons. The molecule has 4 nitrogen and oxygen atoms in total. The van der Waals surface area contributed by atoms with Gasteiger partial charge in [0, 0.05) is 12.2 Å². The van der Waals surface area contributed by atoms with Gasteiger partial charge in [0.25, 0.3) is 5.91 Å². The Balaban J connectivity index is 2.03. The van der Waals surface area contributed by atoms with E-state index < -0.39 is 0 Å². The van der Waals surface area contributed by atoms with E-state index >= 15 is 0 Å². The van der Waals surface area contributed by atoms with E-state index in [9.17, 15) is 4.79 Å². The van der Waals surface area contributed by atoms with E-state index in [1.807, 2.05) is 18.2 Å². The van der Waals surface area contributed by atoms with Gasteiger partial charge in [-0.1, -0.05) is 25.5 Å². The fraction of sp³-hybridized carbons (Fsp3) is 0.333. The lowest BCUT2D eigenvalue weighted by Crippen LogP contribution is -2.25. The molecule has 0 unspecified atom stereocenters. The molecule has 1 aromatic carbocycles. The Hall–Kier alpha value is -2.36. The quantitative estimate of drug-likeness (QED) is 0.793. The lowest BCUT2D eigenvalue weighted by atomic mass is 10.1. The molecule has 0 aliphatic rings. The minimum Gasteiger partial charge on any atom is -0.354 e. The summed E-state index contributed by atoms with van der Waals surface area (Å²) in [7, 11) is 0. The van der Waals surface area contributed by atoms with Gasteiger partial charge in [0.2, 0.25) is 0 Å². The summed E-state index contributed by atoms with van der Waals surface area (Å²) in [4.78, 5) is 16.1. The minimum atomic E-state index is -0.119. The third-order valence-corrected chi connectivity index (χ3v) is 3.70. The van der Waals surface area contributed by atoms with Crippen molar-refractivity contribution in [3.8, 4) is 0 Å². The predicted molar refractivity (Wildman–Crippen MR) is 90.7 cm³/mol. The molecule has 22 heavy (non-hydrogen) atoms. The summed E-state index contributed by atoms with van der Waals surface area (Å²) in [5, 5.41) is 6.20. The van der Waals surface area contributed by atoms with Crippen molar-refractivity contribution >= 4 is 17.3 Å². The van der Waals surface area contributed by atoms with Gasteiger partial charge in [-0.2, -0.15) is 0 Å². The molecule has 0 bridgehead atoms. The molecule has 1 amide bonds. The smallest absolute Gasteiger partial charge is 0.269 e. The van der Waals surface area contributed by atoms with Crippen molar-refractivity contribution in [3.63, 3.8) is 0 Å². The second-order valence-electron chi connectivity index (χ2n) is 5.41. The molecule has 0 saturated carbocycles. The highest BCUT2D eigenvalue weighted by atomic mass is 16.1. The molecule has 1 heterocycles. The van der Waals surface area contributed by atoms with Crippen LogP contribution in [0.1, 0.15) is 41.4 Å². The van der Waals surface area contributed by atoms with Gasteiger partial charge in [0.1, 0.15) is 5.69 Å². The average Bonchev–Trinajstić information content (AvgIpc) is 2.53. The van der Waals surface area contributed by atoms with Gasteiger partial charge in [0.15, 0.2) is 0 Å². The van der Waals surface area contributed by atoms with Crippen LogP contribution in [0.3, 0.4) is 0 Å². The molecule has 1 aromatic heterocycles. The van der Waals surface area contributed by atoms with Gasteiger partial charge in [-0.3, -0.25) is 4.79 Å². The van der Waals surface area contributed by atoms with Crippen molar-refractivity contribution in [2.45, 2.75) is 33.6 Å². The van der Waals surface area contributed by atoms with Gasteiger partial charge in [-0.05, 0) is 49.6 Å². The van der Waals surface area contributed by atoms with E-state index in [0.717, 1.165) is 24.2 Å². The highest BCUT2D eigenvalue weighted by Crippen LogP contribution is 2.22. The number of aromatic nitrogens is 1. The molecule has 2 N–H and O–H groups in total. The third-order valence-electron chi connectivity index (χ3n) is 3.70. The number of amides is 1. The van der Waals surface area contributed by atoms with Crippen LogP contribution in [0.15, 0.2) is 36.5 Å². The summed E-state index contributed by atoms with van der Waals surface area (Å²) < 4.78 is 0. The van der Waals surface area contributed by atoms with E-state index in [-0.39, 0.29) is 5.91 Å². The first-order valence-corrected chi connectivity index (χ1v) is 7.69. The summed E-state index contributed by atoms with van der Waals surface area (Å²) in [5.74, 6) is -0.119. The summed E-state index contributed by atoms with van der Waals surface area (Å²) in [6, 6.07) is 9.77. The molecule has 0 radical (unpaired) electrons. The number of rotatable bonds is 6. The Morgan fingerprint density at radius 2 is 2.00 bits per heavy atom. The van der Waals surface area contributed by atoms with Crippen LogP contribution < -0.4 is 10.6 Å². The fourth-order valence-electron chi connectivity index (χ4n) is 2.11. The first-order chi connectivity index (χ1) is 10.6.